The van der Waals surface area contributed by atoms with Gasteiger partial charge in [-0.25, -0.2) is 9.97 Å². The van der Waals surface area contributed by atoms with E-state index in [9.17, 15) is 4.79 Å². The molecule has 0 aliphatic carbocycles. The minimum absolute atomic E-state index is 0.223. The highest BCUT2D eigenvalue weighted by molar-refractivity contribution is 5.84. The van der Waals surface area contributed by atoms with E-state index in [0.29, 0.717) is 30.7 Å². The number of benzene rings is 1. The number of fused-ring (bicyclic) bond motifs is 1. The van der Waals surface area contributed by atoms with Gasteiger partial charge in [0, 0.05) is 32.6 Å². The maximum atomic E-state index is 12.1. The lowest BCUT2D eigenvalue weighted by atomic mass is 10.2. The number of hydrogen-bond acceptors (Lipinski definition) is 7. The molecule has 0 saturated carbocycles. The Kier molecular flexibility index (Phi) is 5.05. The summed E-state index contributed by atoms with van der Waals surface area (Å²) in [6.45, 7) is 4.85. The summed E-state index contributed by atoms with van der Waals surface area (Å²) in [5, 5.41) is 8.61. The first kappa shape index (κ1) is 18.1. The molecule has 2 aromatic heterocycles. The number of rotatable bonds is 5. The SMILES string of the molecule is CCCC(=O)N1CCN(c2ncnc3c2nnn3-c2ccc(OC)cc2)CC1. The average molecular weight is 381 g/mol. The lowest BCUT2D eigenvalue weighted by molar-refractivity contribution is -0.131. The Balaban J connectivity index is 1.58. The van der Waals surface area contributed by atoms with Crippen LogP contribution in [-0.4, -0.2) is 69.1 Å². The van der Waals surface area contributed by atoms with Crippen LogP contribution < -0.4 is 9.64 Å². The van der Waals surface area contributed by atoms with Crippen LogP contribution in [0.25, 0.3) is 16.9 Å². The van der Waals surface area contributed by atoms with Crippen LogP contribution in [0.4, 0.5) is 5.82 Å². The molecule has 28 heavy (non-hydrogen) atoms. The van der Waals surface area contributed by atoms with Crippen molar-refractivity contribution >= 4 is 22.9 Å². The highest BCUT2D eigenvalue weighted by Crippen LogP contribution is 2.24. The maximum absolute atomic E-state index is 12.1. The minimum atomic E-state index is 0.223. The van der Waals surface area contributed by atoms with Gasteiger partial charge >= 0.3 is 0 Å². The predicted octanol–water partition coefficient (Wildman–Crippen LogP) is 1.67. The molecule has 9 heteroatoms. The fourth-order valence-corrected chi connectivity index (χ4v) is 3.41. The van der Waals surface area contributed by atoms with E-state index in [1.165, 1.54) is 6.33 Å². The van der Waals surface area contributed by atoms with Crippen molar-refractivity contribution in [2.75, 3.05) is 38.2 Å². The summed E-state index contributed by atoms with van der Waals surface area (Å²) in [4.78, 5) is 25.0. The number of amides is 1. The average Bonchev–Trinajstić information content (AvgIpc) is 3.18. The molecule has 0 spiro atoms. The van der Waals surface area contributed by atoms with Gasteiger partial charge in [-0.15, -0.1) is 5.10 Å². The molecule has 9 nitrogen and oxygen atoms in total. The number of nitrogens with zero attached hydrogens (tertiary/aromatic N) is 7. The van der Waals surface area contributed by atoms with Gasteiger partial charge in [0.15, 0.2) is 17.0 Å². The Morgan fingerprint density at radius 3 is 2.54 bits per heavy atom. The van der Waals surface area contributed by atoms with Crippen LogP contribution in [0.3, 0.4) is 0 Å². The molecule has 146 valence electrons. The van der Waals surface area contributed by atoms with E-state index in [1.807, 2.05) is 36.1 Å². The van der Waals surface area contributed by atoms with Crippen molar-refractivity contribution in [1.29, 1.82) is 0 Å². The molecule has 0 atom stereocenters. The standard InChI is InChI=1S/C19H23N7O2/c1-3-4-16(27)24-9-11-25(12-10-24)18-17-19(21-13-20-18)26(23-22-17)14-5-7-15(28-2)8-6-14/h5-8,13H,3-4,9-12H2,1-2H3. The summed E-state index contributed by atoms with van der Waals surface area (Å²) >= 11 is 0. The summed E-state index contributed by atoms with van der Waals surface area (Å²) in [6.07, 6.45) is 3.02. The molecule has 3 aromatic rings. The Labute approximate surface area is 162 Å². The molecule has 0 N–H and O–H groups in total. The van der Waals surface area contributed by atoms with Gasteiger partial charge in [0.1, 0.15) is 12.1 Å². The predicted molar refractivity (Wildman–Crippen MR) is 105 cm³/mol. The van der Waals surface area contributed by atoms with Crippen LogP contribution in [0.15, 0.2) is 30.6 Å². The smallest absolute Gasteiger partial charge is 0.222 e. The van der Waals surface area contributed by atoms with Crippen LogP contribution in [0.5, 0.6) is 5.75 Å². The van der Waals surface area contributed by atoms with Crippen molar-refractivity contribution in [3.8, 4) is 11.4 Å². The van der Waals surface area contributed by atoms with Crippen LogP contribution in [0.2, 0.25) is 0 Å². The van der Waals surface area contributed by atoms with Crippen LogP contribution in [0.1, 0.15) is 19.8 Å². The third-order valence-corrected chi connectivity index (χ3v) is 4.93. The summed E-state index contributed by atoms with van der Waals surface area (Å²) < 4.78 is 6.90. The normalized spacial score (nSPS) is 14.5. The fourth-order valence-electron chi connectivity index (χ4n) is 3.41. The number of piperazine rings is 1. The van der Waals surface area contributed by atoms with Crippen molar-refractivity contribution in [2.24, 2.45) is 0 Å². The first-order chi connectivity index (χ1) is 13.7. The van der Waals surface area contributed by atoms with Gasteiger partial charge in [-0.1, -0.05) is 12.1 Å². The Hall–Kier alpha value is -3.23. The number of carbonyl (C=O) groups is 1. The zero-order chi connectivity index (χ0) is 19.5. The van der Waals surface area contributed by atoms with Crippen LogP contribution in [-0.2, 0) is 4.79 Å². The van der Waals surface area contributed by atoms with Gasteiger partial charge < -0.3 is 14.5 Å². The lowest BCUT2D eigenvalue weighted by Crippen LogP contribution is -2.49. The Morgan fingerprint density at radius 1 is 1.11 bits per heavy atom. The number of methoxy groups -OCH3 is 1. The molecule has 1 amide bonds. The first-order valence-electron chi connectivity index (χ1n) is 9.45. The molecule has 3 heterocycles. The van der Waals surface area contributed by atoms with E-state index >= 15 is 0 Å². The molecule has 0 radical (unpaired) electrons. The van der Waals surface area contributed by atoms with Gasteiger partial charge in [0.25, 0.3) is 0 Å². The summed E-state index contributed by atoms with van der Waals surface area (Å²) in [5.74, 6) is 1.76. The molecule has 1 aliphatic heterocycles. The number of aromatic nitrogens is 5. The molecule has 1 aliphatic rings. The Morgan fingerprint density at radius 2 is 1.86 bits per heavy atom. The second-order valence-electron chi connectivity index (χ2n) is 6.69. The first-order valence-corrected chi connectivity index (χ1v) is 9.45. The number of anilines is 1. The second kappa shape index (κ2) is 7.79. The summed E-state index contributed by atoms with van der Waals surface area (Å²) in [7, 11) is 1.63. The summed E-state index contributed by atoms with van der Waals surface area (Å²) in [6, 6.07) is 7.56. The minimum Gasteiger partial charge on any atom is -0.497 e. The van der Waals surface area contributed by atoms with Gasteiger partial charge in [0.05, 0.1) is 12.8 Å². The molecular weight excluding hydrogens is 358 g/mol. The zero-order valence-corrected chi connectivity index (χ0v) is 16.1. The molecule has 1 saturated heterocycles. The van der Waals surface area contributed by atoms with E-state index in [2.05, 4.69) is 25.2 Å². The van der Waals surface area contributed by atoms with Crippen molar-refractivity contribution in [3.05, 3.63) is 30.6 Å². The van der Waals surface area contributed by atoms with Crippen molar-refractivity contribution in [1.82, 2.24) is 29.9 Å². The van der Waals surface area contributed by atoms with E-state index in [1.54, 1.807) is 11.8 Å². The third kappa shape index (κ3) is 3.35. The van der Waals surface area contributed by atoms with Crippen molar-refractivity contribution in [3.63, 3.8) is 0 Å². The van der Waals surface area contributed by atoms with Crippen molar-refractivity contribution < 1.29 is 9.53 Å². The van der Waals surface area contributed by atoms with Gasteiger partial charge in [0.2, 0.25) is 5.91 Å². The van der Waals surface area contributed by atoms with Crippen LogP contribution in [0, 0.1) is 0 Å². The van der Waals surface area contributed by atoms with Crippen LogP contribution >= 0.6 is 0 Å². The van der Waals surface area contributed by atoms with Crippen molar-refractivity contribution in [2.45, 2.75) is 19.8 Å². The number of ether oxygens (including phenoxy) is 1. The molecule has 1 fully saturated rings. The molecule has 1 aromatic carbocycles. The topological polar surface area (TPSA) is 89.3 Å². The highest BCUT2D eigenvalue weighted by atomic mass is 16.5. The molecule has 0 unspecified atom stereocenters. The zero-order valence-electron chi connectivity index (χ0n) is 16.1. The highest BCUT2D eigenvalue weighted by Gasteiger charge is 2.24. The summed E-state index contributed by atoms with van der Waals surface area (Å²) in [5.41, 5.74) is 2.16. The van der Waals surface area contributed by atoms with Gasteiger partial charge in [-0.05, 0) is 30.7 Å². The third-order valence-electron chi connectivity index (χ3n) is 4.93. The molecule has 4 rings (SSSR count). The maximum Gasteiger partial charge on any atom is 0.222 e. The number of hydrogen-bond donors (Lipinski definition) is 0. The number of carbonyl (C=O) groups excluding carboxylic acids is 1. The lowest BCUT2D eigenvalue weighted by Gasteiger charge is -2.35. The van der Waals surface area contributed by atoms with E-state index in [4.69, 9.17) is 4.74 Å². The second-order valence-corrected chi connectivity index (χ2v) is 6.69. The van der Waals surface area contributed by atoms with E-state index in [0.717, 1.165) is 36.8 Å². The van der Waals surface area contributed by atoms with Gasteiger partial charge in [-0.2, -0.15) is 4.68 Å². The van der Waals surface area contributed by atoms with E-state index in [-0.39, 0.29) is 5.91 Å². The fraction of sp³-hybridized carbons (Fsp3) is 0.421. The molecular formula is C19H23N7O2. The quantitative estimate of drug-likeness (QED) is 0.664. The Bertz CT molecular complexity index is 962. The van der Waals surface area contributed by atoms with E-state index < -0.39 is 0 Å². The largest absolute Gasteiger partial charge is 0.497 e. The monoisotopic (exact) mass is 381 g/mol. The van der Waals surface area contributed by atoms with Gasteiger partial charge in [-0.3, -0.25) is 4.79 Å². The molecule has 0 bridgehead atoms.